The summed E-state index contributed by atoms with van der Waals surface area (Å²) in [4.78, 5) is 25.3. The molecule has 1 aromatic heterocycles. The summed E-state index contributed by atoms with van der Waals surface area (Å²) in [6, 6.07) is 8.17. The van der Waals surface area contributed by atoms with E-state index in [2.05, 4.69) is 0 Å². The molecule has 0 aliphatic carbocycles. The third kappa shape index (κ3) is 3.85. The highest BCUT2D eigenvalue weighted by atomic mass is 32.2. The third-order valence-electron chi connectivity index (χ3n) is 5.23. The standard InChI is InChI=1S/C21H14F6N2O2S/c1-28-18(30)17(32-19(28)31)14-10-29(16-5-3-2-4-13(14)16)9-11-6-7-12(20(22,23)24)8-15(11)21(25,26)27/h2-8,10,17H,9H2,1H3. The smallest absolute Gasteiger partial charge is 0.343 e. The highest BCUT2D eigenvalue weighted by Gasteiger charge is 2.40. The molecule has 2 heterocycles. The maximum absolute atomic E-state index is 13.6. The van der Waals surface area contributed by atoms with Gasteiger partial charge in [-0.05, 0) is 35.5 Å². The molecule has 3 aromatic rings. The van der Waals surface area contributed by atoms with E-state index < -0.39 is 39.9 Å². The van der Waals surface area contributed by atoms with Crippen molar-refractivity contribution in [3.8, 4) is 0 Å². The van der Waals surface area contributed by atoms with Crippen molar-refractivity contribution in [1.82, 2.24) is 9.47 Å². The molecule has 2 amide bonds. The van der Waals surface area contributed by atoms with Crippen LogP contribution in [0.1, 0.15) is 27.5 Å². The zero-order chi connectivity index (χ0) is 23.4. The Bertz CT molecular complexity index is 1230. The molecule has 1 aliphatic heterocycles. The van der Waals surface area contributed by atoms with Crippen molar-refractivity contribution in [3.63, 3.8) is 0 Å². The first-order chi connectivity index (χ1) is 14.9. The monoisotopic (exact) mass is 472 g/mol. The SMILES string of the molecule is CN1C(=O)SC(c2cn(Cc3ccc(C(F)(F)F)cc3C(F)(F)F)c3ccccc23)C1=O. The van der Waals surface area contributed by atoms with Gasteiger partial charge in [-0.2, -0.15) is 26.3 Å². The van der Waals surface area contributed by atoms with Gasteiger partial charge < -0.3 is 4.57 Å². The highest BCUT2D eigenvalue weighted by molar-refractivity contribution is 8.15. The summed E-state index contributed by atoms with van der Waals surface area (Å²) in [5, 5.41) is -0.728. The van der Waals surface area contributed by atoms with Crippen LogP contribution in [0.4, 0.5) is 31.1 Å². The van der Waals surface area contributed by atoms with E-state index in [4.69, 9.17) is 0 Å². The molecule has 0 N–H and O–H groups in total. The Labute approximate surface area is 181 Å². The maximum Gasteiger partial charge on any atom is 0.416 e. The lowest BCUT2D eigenvalue weighted by Crippen LogP contribution is -2.24. The van der Waals surface area contributed by atoms with Gasteiger partial charge in [0.15, 0.2) is 0 Å². The minimum atomic E-state index is -4.99. The highest BCUT2D eigenvalue weighted by Crippen LogP contribution is 2.43. The summed E-state index contributed by atoms with van der Waals surface area (Å²) in [5.41, 5.74) is -2.18. The molecule has 0 spiro atoms. The Hall–Kier alpha value is -2.95. The zero-order valence-corrected chi connectivity index (χ0v) is 17.1. The summed E-state index contributed by atoms with van der Waals surface area (Å²) in [7, 11) is 1.34. The van der Waals surface area contributed by atoms with Gasteiger partial charge in [-0.3, -0.25) is 14.5 Å². The fourth-order valence-corrected chi connectivity index (χ4v) is 4.67. The van der Waals surface area contributed by atoms with Gasteiger partial charge in [0, 0.05) is 36.3 Å². The molecule has 1 unspecified atom stereocenters. The first-order valence-corrected chi connectivity index (χ1v) is 10.1. The van der Waals surface area contributed by atoms with Gasteiger partial charge in [-0.25, -0.2) is 0 Å². The van der Waals surface area contributed by atoms with Crippen molar-refractivity contribution in [2.24, 2.45) is 0 Å². The molecule has 1 aliphatic rings. The lowest BCUT2D eigenvalue weighted by atomic mass is 10.0. The van der Waals surface area contributed by atoms with Crippen molar-refractivity contribution in [1.29, 1.82) is 0 Å². The molecule has 4 nitrogen and oxygen atoms in total. The van der Waals surface area contributed by atoms with Crippen molar-refractivity contribution in [2.45, 2.75) is 24.1 Å². The van der Waals surface area contributed by atoms with Crippen LogP contribution in [0.3, 0.4) is 0 Å². The van der Waals surface area contributed by atoms with Gasteiger partial charge in [0.25, 0.3) is 5.24 Å². The van der Waals surface area contributed by atoms with Gasteiger partial charge >= 0.3 is 12.4 Å². The van der Waals surface area contributed by atoms with Gasteiger partial charge in [0.05, 0.1) is 11.1 Å². The van der Waals surface area contributed by atoms with Crippen LogP contribution >= 0.6 is 11.8 Å². The first-order valence-electron chi connectivity index (χ1n) is 9.21. The molecule has 168 valence electrons. The Balaban J connectivity index is 1.81. The van der Waals surface area contributed by atoms with E-state index in [1.165, 1.54) is 17.8 Å². The summed E-state index contributed by atoms with van der Waals surface area (Å²) in [6.45, 7) is -0.372. The second-order valence-electron chi connectivity index (χ2n) is 7.26. The van der Waals surface area contributed by atoms with E-state index in [9.17, 15) is 35.9 Å². The van der Waals surface area contributed by atoms with Crippen LogP contribution < -0.4 is 0 Å². The van der Waals surface area contributed by atoms with E-state index in [0.29, 0.717) is 22.5 Å². The minimum Gasteiger partial charge on any atom is -0.343 e. The van der Waals surface area contributed by atoms with Crippen LogP contribution in [0.2, 0.25) is 0 Å². The lowest BCUT2D eigenvalue weighted by molar-refractivity contribution is -0.143. The number of thioether (sulfide) groups is 1. The van der Waals surface area contributed by atoms with Crippen LogP contribution in [0.25, 0.3) is 10.9 Å². The number of likely N-dealkylation sites (N-methyl/N-ethyl adjacent to an activating group) is 1. The molecular weight excluding hydrogens is 458 g/mol. The predicted molar refractivity (Wildman–Crippen MR) is 106 cm³/mol. The van der Waals surface area contributed by atoms with Crippen LogP contribution in [-0.2, 0) is 23.7 Å². The molecule has 4 rings (SSSR count). The number of aromatic nitrogens is 1. The second-order valence-corrected chi connectivity index (χ2v) is 8.31. The minimum absolute atomic E-state index is 0.103. The third-order valence-corrected chi connectivity index (χ3v) is 6.40. The van der Waals surface area contributed by atoms with Crippen LogP contribution in [0.5, 0.6) is 0 Å². The Morgan fingerprint density at radius 1 is 0.969 bits per heavy atom. The number of carbonyl (C=O) groups is 2. The number of para-hydroxylation sites is 1. The zero-order valence-electron chi connectivity index (χ0n) is 16.3. The number of carbonyl (C=O) groups excluding carboxylic acids is 2. The number of benzene rings is 2. The largest absolute Gasteiger partial charge is 0.416 e. The number of rotatable bonds is 3. The summed E-state index contributed by atoms with van der Waals surface area (Å²) < 4.78 is 81.0. The van der Waals surface area contributed by atoms with Crippen LogP contribution in [0.15, 0.2) is 48.7 Å². The topological polar surface area (TPSA) is 42.3 Å². The van der Waals surface area contributed by atoms with E-state index >= 15 is 0 Å². The van der Waals surface area contributed by atoms with Gasteiger partial charge in [0.2, 0.25) is 5.91 Å². The van der Waals surface area contributed by atoms with E-state index in [-0.39, 0.29) is 18.2 Å². The molecule has 0 radical (unpaired) electrons. The van der Waals surface area contributed by atoms with Crippen molar-refractivity contribution >= 4 is 33.8 Å². The molecule has 11 heteroatoms. The summed E-state index contributed by atoms with van der Waals surface area (Å²) in [5.74, 6) is -0.451. The number of alkyl halides is 6. The van der Waals surface area contributed by atoms with Gasteiger partial charge in [-0.1, -0.05) is 24.3 Å². The number of imide groups is 1. The molecular formula is C21H14F6N2O2S. The normalized spacial score (nSPS) is 17.6. The summed E-state index contributed by atoms with van der Waals surface area (Å²) >= 11 is 0.801. The Morgan fingerprint density at radius 3 is 2.25 bits per heavy atom. The molecule has 32 heavy (non-hydrogen) atoms. The molecule has 1 atom stereocenters. The number of halogens is 6. The molecule has 1 fully saturated rings. The van der Waals surface area contributed by atoms with E-state index in [1.54, 1.807) is 24.3 Å². The quantitative estimate of drug-likeness (QED) is 0.433. The maximum atomic E-state index is 13.6. The Morgan fingerprint density at radius 2 is 1.66 bits per heavy atom. The number of hydrogen-bond acceptors (Lipinski definition) is 3. The molecule has 0 bridgehead atoms. The summed E-state index contributed by atoms with van der Waals surface area (Å²) in [6.07, 6.45) is -8.43. The second kappa shape index (κ2) is 7.58. The first kappa shape index (κ1) is 22.3. The average molecular weight is 472 g/mol. The number of hydrogen-bond donors (Lipinski definition) is 0. The van der Waals surface area contributed by atoms with Crippen LogP contribution in [-0.4, -0.2) is 27.7 Å². The van der Waals surface area contributed by atoms with E-state index in [0.717, 1.165) is 22.7 Å². The average Bonchev–Trinajstić information content (AvgIpc) is 3.19. The number of amides is 2. The molecule has 1 saturated heterocycles. The fourth-order valence-electron chi connectivity index (χ4n) is 3.65. The van der Waals surface area contributed by atoms with Crippen molar-refractivity contribution in [3.05, 3.63) is 70.9 Å². The van der Waals surface area contributed by atoms with Gasteiger partial charge in [0.1, 0.15) is 5.25 Å². The van der Waals surface area contributed by atoms with Crippen molar-refractivity contribution < 1.29 is 35.9 Å². The lowest BCUT2D eigenvalue weighted by Gasteiger charge is -2.17. The Kier molecular flexibility index (Phi) is 5.27. The predicted octanol–water partition coefficient (Wildman–Crippen LogP) is 6.09. The van der Waals surface area contributed by atoms with Crippen LogP contribution in [0, 0.1) is 0 Å². The molecule has 2 aromatic carbocycles. The van der Waals surface area contributed by atoms with E-state index in [1.807, 2.05) is 0 Å². The number of fused-ring (bicyclic) bond motifs is 1. The van der Waals surface area contributed by atoms with Gasteiger partial charge in [-0.15, -0.1) is 0 Å². The van der Waals surface area contributed by atoms with Crippen molar-refractivity contribution in [2.75, 3.05) is 7.05 Å². The molecule has 0 saturated carbocycles. The fraction of sp³-hybridized carbons (Fsp3) is 0.238. The number of nitrogens with zero attached hydrogens (tertiary/aromatic N) is 2.